The molecule has 0 N–H and O–H groups in total. The molecule has 0 fully saturated rings. The van der Waals surface area contributed by atoms with Crippen molar-refractivity contribution >= 4 is 0 Å². The predicted octanol–water partition coefficient (Wildman–Crippen LogP) is 1.71. The van der Waals surface area contributed by atoms with Crippen LogP contribution in [-0.4, -0.2) is 6.29 Å². The van der Waals surface area contributed by atoms with Gasteiger partial charge in [-0.25, -0.2) is 0 Å². The average molecular weight is 152 g/mol. The summed E-state index contributed by atoms with van der Waals surface area (Å²) in [4.78, 5) is 0. The molecule has 3 aliphatic rings. The van der Waals surface area contributed by atoms with Crippen LogP contribution in [0.4, 0.5) is 0 Å². The van der Waals surface area contributed by atoms with Crippen molar-refractivity contribution in [2.45, 2.75) is 25.6 Å². The lowest BCUT2D eigenvalue weighted by atomic mass is 10.2. The first-order valence-corrected chi connectivity index (χ1v) is 3.88. The molecule has 11 heavy (non-hydrogen) atoms. The first kappa shape index (κ1) is 5.52. The molecule has 3 heteroatoms. The van der Waals surface area contributed by atoms with Crippen LogP contribution in [0.25, 0.3) is 0 Å². The topological polar surface area (TPSA) is 31.6 Å². The molecule has 0 amide bonds. The summed E-state index contributed by atoms with van der Waals surface area (Å²) in [7, 11) is 0. The highest BCUT2D eigenvalue weighted by atomic mass is 16.8. The lowest BCUT2D eigenvalue weighted by Crippen LogP contribution is -2.19. The van der Waals surface area contributed by atoms with Gasteiger partial charge in [0.2, 0.25) is 12.0 Å². The Balaban J connectivity index is 2.15. The first-order valence-electron chi connectivity index (χ1n) is 3.88. The third-order valence-corrected chi connectivity index (χ3v) is 2.08. The Bertz CT molecular complexity index is 266. The van der Waals surface area contributed by atoms with Gasteiger partial charge in [0.1, 0.15) is 5.76 Å². The molecule has 4 bridgehead atoms. The maximum atomic E-state index is 5.41. The van der Waals surface area contributed by atoms with Crippen LogP contribution in [0.1, 0.15) is 18.6 Å². The van der Waals surface area contributed by atoms with E-state index in [2.05, 4.69) is 0 Å². The summed E-state index contributed by atoms with van der Waals surface area (Å²) in [6.45, 7) is 0. The van der Waals surface area contributed by atoms with E-state index >= 15 is 0 Å². The summed E-state index contributed by atoms with van der Waals surface area (Å²) in [5.74, 6) is 2.34. The van der Waals surface area contributed by atoms with Crippen LogP contribution in [0.5, 0.6) is 11.7 Å². The number of ether oxygens (including phenoxy) is 2. The van der Waals surface area contributed by atoms with Crippen molar-refractivity contribution in [3.05, 3.63) is 11.8 Å². The minimum absolute atomic E-state index is 0.0851. The van der Waals surface area contributed by atoms with E-state index in [1.165, 1.54) is 0 Å². The van der Waals surface area contributed by atoms with Gasteiger partial charge in [-0.3, -0.25) is 0 Å². The van der Waals surface area contributed by atoms with E-state index in [1.807, 2.05) is 6.07 Å². The monoisotopic (exact) mass is 152 g/mol. The Morgan fingerprint density at radius 3 is 3.27 bits per heavy atom. The highest BCUT2D eigenvalue weighted by Gasteiger charge is 2.30. The predicted molar refractivity (Wildman–Crippen MR) is 36.7 cm³/mol. The van der Waals surface area contributed by atoms with Gasteiger partial charge in [-0.05, 0) is 6.42 Å². The highest BCUT2D eigenvalue weighted by Crippen LogP contribution is 2.41. The minimum Gasteiger partial charge on any atom is -0.447 e. The van der Waals surface area contributed by atoms with Gasteiger partial charge < -0.3 is 13.9 Å². The largest absolute Gasteiger partial charge is 0.447 e. The standard InChI is InChI=1S/C8H8O3/c1-2-5-4-6-8(9-5)11-7(3-1)10-6/h4,7H,1-3H2. The van der Waals surface area contributed by atoms with Crippen LogP contribution in [0, 0.1) is 0 Å². The Labute approximate surface area is 63.9 Å². The van der Waals surface area contributed by atoms with Gasteiger partial charge in [0.25, 0.3) is 0 Å². The number of hydrogen-bond acceptors (Lipinski definition) is 3. The number of furan rings is 1. The van der Waals surface area contributed by atoms with Crippen LogP contribution < -0.4 is 9.47 Å². The summed E-state index contributed by atoms with van der Waals surface area (Å²) in [6, 6.07) is 1.93. The van der Waals surface area contributed by atoms with Crippen molar-refractivity contribution in [1.29, 1.82) is 0 Å². The van der Waals surface area contributed by atoms with Crippen molar-refractivity contribution in [3.8, 4) is 11.7 Å². The maximum absolute atomic E-state index is 5.41. The molecule has 0 radical (unpaired) electrons. The summed E-state index contributed by atoms with van der Waals surface area (Å²) in [6.07, 6.45) is 2.97. The summed E-state index contributed by atoms with van der Waals surface area (Å²) in [5, 5.41) is 0. The van der Waals surface area contributed by atoms with Crippen molar-refractivity contribution < 1.29 is 13.9 Å². The van der Waals surface area contributed by atoms with E-state index in [0.717, 1.165) is 30.8 Å². The zero-order valence-electron chi connectivity index (χ0n) is 6.00. The van der Waals surface area contributed by atoms with Crippen molar-refractivity contribution in [2.24, 2.45) is 0 Å². The SMILES string of the molecule is c1c2oc3c1OC(CCC2)O3. The Morgan fingerprint density at radius 2 is 2.36 bits per heavy atom. The van der Waals surface area contributed by atoms with Crippen LogP contribution in [0.3, 0.4) is 0 Å². The molecule has 1 aromatic rings. The molecule has 0 spiro atoms. The van der Waals surface area contributed by atoms with Crippen LogP contribution >= 0.6 is 0 Å². The Morgan fingerprint density at radius 1 is 1.36 bits per heavy atom. The average Bonchev–Trinajstić information content (AvgIpc) is 2.33. The van der Waals surface area contributed by atoms with E-state index in [-0.39, 0.29) is 6.29 Å². The summed E-state index contributed by atoms with van der Waals surface area (Å²) >= 11 is 0. The second kappa shape index (κ2) is 1.72. The maximum Gasteiger partial charge on any atom is 0.332 e. The molecule has 1 atom stereocenters. The van der Waals surface area contributed by atoms with Crippen LogP contribution in [0.2, 0.25) is 0 Å². The van der Waals surface area contributed by atoms with Gasteiger partial charge >= 0.3 is 5.95 Å². The molecule has 3 nitrogen and oxygen atoms in total. The zero-order valence-corrected chi connectivity index (χ0v) is 6.00. The number of aryl methyl sites for hydroxylation is 1. The van der Waals surface area contributed by atoms with Gasteiger partial charge in [-0.1, -0.05) is 0 Å². The number of rotatable bonds is 0. The molecule has 0 aliphatic carbocycles. The first-order chi connectivity index (χ1) is 5.42. The molecule has 0 saturated heterocycles. The molecule has 0 aromatic carbocycles. The van der Waals surface area contributed by atoms with Crippen molar-refractivity contribution in [1.82, 2.24) is 0 Å². The van der Waals surface area contributed by atoms with E-state index in [1.54, 1.807) is 0 Å². The molecular weight excluding hydrogens is 144 g/mol. The summed E-state index contributed by atoms with van der Waals surface area (Å²) in [5.41, 5.74) is 0. The lowest BCUT2D eigenvalue weighted by Gasteiger charge is -2.11. The van der Waals surface area contributed by atoms with E-state index in [0.29, 0.717) is 5.95 Å². The third-order valence-electron chi connectivity index (χ3n) is 2.08. The zero-order chi connectivity index (χ0) is 7.26. The van der Waals surface area contributed by atoms with Gasteiger partial charge in [-0.2, -0.15) is 0 Å². The smallest absolute Gasteiger partial charge is 0.332 e. The number of hydrogen-bond donors (Lipinski definition) is 0. The fraction of sp³-hybridized carbons (Fsp3) is 0.500. The molecule has 4 heterocycles. The quantitative estimate of drug-likeness (QED) is 0.567. The molecule has 58 valence electrons. The van der Waals surface area contributed by atoms with Gasteiger partial charge in [0, 0.05) is 18.9 Å². The molecule has 3 aliphatic heterocycles. The summed E-state index contributed by atoms with van der Waals surface area (Å²) < 4.78 is 16.1. The molecule has 1 unspecified atom stereocenters. The second-order valence-corrected chi connectivity index (χ2v) is 2.92. The van der Waals surface area contributed by atoms with E-state index in [9.17, 15) is 0 Å². The fourth-order valence-electron chi connectivity index (χ4n) is 1.54. The van der Waals surface area contributed by atoms with E-state index < -0.39 is 0 Å². The van der Waals surface area contributed by atoms with Crippen molar-refractivity contribution in [2.75, 3.05) is 0 Å². The van der Waals surface area contributed by atoms with Gasteiger partial charge in [0.05, 0.1) is 0 Å². The van der Waals surface area contributed by atoms with Gasteiger partial charge in [0.15, 0.2) is 0 Å². The molecular formula is C8H8O3. The fourth-order valence-corrected chi connectivity index (χ4v) is 1.54. The van der Waals surface area contributed by atoms with Crippen LogP contribution in [-0.2, 0) is 6.42 Å². The Kier molecular flexibility index (Phi) is 0.866. The van der Waals surface area contributed by atoms with E-state index in [4.69, 9.17) is 13.9 Å². The highest BCUT2D eigenvalue weighted by molar-refractivity contribution is 5.36. The second-order valence-electron chi connectivity index (χ2n) is 2.92. The normalized spacial score (nSPS) is 25.6. The van der Waals surface area contributed by atoms with Crippen molar-refractivity contribution in [3.63, 3.8) is 0 Å². The Hall–Kier alpha value is -1.12. The number of fused-ring (bicyclic) bond motifs is 2. The minimum atomic E-state index is -0.0851. The third kappa shape index (κ3) is 0.679. The van der Waals surface area contributed by atoms with Crippen LogP contribution in [0.15, 0.2) is 10.5 Å². The molecule has 1 aromatic heterocycles. The molecule has 0 saturated carbocycles. The molecule has 4 rings (SSSR count). The van der Waals surface area contributed by atoms with Gasteiger partial charge in [-0.15, -0.1) is 0 Å². The lowest BCUT2D eigenvalue weighted by molar-refractivity contribution is 0.0200.